The van der Waals surface area contributed by atoms with E-state index in [1.807, 2.05) is 37.3 Å². The van der Waals surface area contributed by atoms with Gasteiger partial charge < -0.3 is 24.3 Å². The zero-order valence-electron chi connectivity index (χ0n) is 26.8. The van der Waals surface area contributed by atoms with Crippen molar-refractivity contribution < 1.29 is 28.5 Å². The number of amides is 2. The number of nitrogens with zero attached hydrogens (tertiary/aromatic N) is 4. The van der Waals surface area contributed by atoms with Crippen molar-refractivity contribution in [3.63, 3.8) is 0 Å². The number of aromatic nitrogens is 3. The van der Waals surface area contributed by atoms with Gasteiger partial charge in [0.2, 0.25) is 5.79 Å². The lowest BCUT2D eigenvalue weighted by Gasteiger charge is -2.36. The largest absolute Gasteiger partial charge is 0.491 e. The summed E-state index contributed by atoms with van der Waals surface area (Å²) in [5.41, 5.74) is 3.00. The Balaban J connectivity index is 1.19. The van der Waals surface area contributed by atoms with Gasteiger partial charge in [-0.1, -0.05) is 78.1 Å². The van der Waals surface area contributed by atoms with Crippen molar-refractivity contribution in [1.29, 1.82) is 0 Å². The minimum absolute atomic E-state index is 0.175. The smallest absolute Gasteiger partial charge is 0.338 e. The van der Waals surface area contributed by atoms with Crippen molar-refractivity contribution in [3.8, 4) is 5.75 Å². The van der Waals surface area contributed by atoms with E-state index in [4.69, 9.17) is 53.8 Å². The van der Waals surface area contributed by atoms with Crippen molar-refractivity contribution in [2.45, 2.75) is 51.3 Å². The molecule has 1 aromatic heterocycles. The van der Waals surface area contributed by atoms with Crippen molar-refractivity contribution in [3.05, 3.63) is 122 Å². The summed E-state index contributed by atoms with van der Waals surface area (Å²) < 4.78 is 25.9. The first-order chi connectivity index (χ1) is 23.7. The van der Waals surface area contributed by atoms with Gasteiger partial charge in [0.1, 0.15) is 37.7 Å². The van der Waals surface area contributed by atoms with Crippen LogP contribution < -0.4 is 10.1 Å². The quantitative estimate of drug-likeness (QED) is 0.154. The van der Waals surface area contributed by atoms with Crippen molar-refractivity contribution in [2.75, 3.05) is 19.8 Å². The van der Waals surface area contributed by atoms with Gasteiger partial charge in [0.05, 0.1) is 36.4 Å². The summed E-state index contributed by atoms with van der Waals surface area (Å²) in [6.45, 7) is 4.65. The molecule has 4 aromatic rings. The van der Waals surface area contributed by atoms with Gasteiger partial charge in [0, 0.05) is 21.3 Å². The number of ether oxygens (including phenoxy) is 4. The third-order valence-electron chi connectivity index (χ3n) is 8.24. The summed E-state index contributed by atoms with van der Waals surface area (Å²) >= 11 is 19.1. The molecule has 2 aliphatic rings. The average molecular weight is 727 g/mol. The molecule has 256 valence electrons. The first-order valence-electron chi connectivity index (χ1n) is 15.8. The van der Waals surface area contributed by atoms with Crippen LogP contribution in [-0.4, -0.2) is 57.6 Å². The van der Waals surface area contributed by atoms with Crippen LogP contribution in [0.15, 0.2) is 90.7 Å². The van der Waals surface area contributed by atoms with E-state index >= 15 is 0 Å². The van der Waals surface area contributed by atoms with Crippen molar-refractivity contribution in [1.82, 2.24) is 25.0 Å². The van der Waals surface area contributed by atoms with Gasteiger partial charge in [0.15, 0.2) is 0 Å². The van der Waals surface area contributed by atoms with E-state index in [1.54, 1.807) is 59.2 Å². The maximum absolute atomic E-state index is 13.5. The molecular formula is C35H34Cl3N5O6. The molecule has 1 N–H and O–H groups in total. The van der Waals surface area contributed by atoms with Crippen LogP contribution in [0.4, 0.5) is 4.79 Å². The van der Waals surface area contributed by atoms with Gasteiger partial charge in [-0.3, -0.25) is 4.90 Å². The number of esters is 1. The monoisotopic (exact) mass is 725 g/mol. The molecule has 3 atom stereocenters. The van der Waals surface area contributed by atoms with Crippen molar-refractivity contribution in [2.24, 2.45) is 0 Å². The normalized spacial score (nSPS) is 20.8. The summed E-state index contributed by atoms with van der Waals surface area (Å²) in [7, 11) is 0. The molecule has 0 aliphatic carbocycles. The molecule has 6 rings (SSSR count). The predicted octanol–water partition coefficient (Wildman–Crippen LogP) is 7.08. The SMILES string of the molecule is CCOC(=O)C1=C(CC)N(Cc2ccccc2Cl)C(=O)NC1c1ccc(OC[C@@H]2CO[C@@](Cn3cncn3)(c3ccc(Cl)cc3Cl)O2)cc1. The van der Waals surface area contributed by atoms with Gasteiger partial charge in [-0.05, 0) is 54.8 Å². The second-order valence-corrected chi connectivity index (χ2v) is 12.6. The Bertz CT molecular complexity index is 1840. The molecule has 1 saturated heterocycles. The Hall–Kier alpha value is -4.13. The fourth-order valence-corrected chi connectivity index (χ4v) is 6.72. The molecule has 0 radical (unpaired) electrons. The minimum Gasteiger partial charge on any atom is -0.491 e. The van der Waals surface area contributed by atoms with Gasteiger partial charge >= 0.3 is 12.0 Å². The van der Waals surface area contributed by atoms with E-state index in [-0.39, 0.29) is 38.9 Å². The van der Waals surface area contributed by atoms with E-state index in [0.29, 0.717) is 49.6 Å². The van der Waals surface area contributed by atoms with Crippen LogP contribution in [0.5, 0.6) is 5.75 Å². The molecule has 1 unspecified atom stereocenters. The summed E-state index contributed by atoms with van der Waals surface area (Å²) in [6, 6.07) is 18.5. The standard InChI is InChI=1S/C35H34Cl3N5O6/c1-3-30-31(33(44)46-4-2)32(41-34(45)43(30)16-23-7-5-6-8-28(23)37)22-9-12-25(13-10-22)47-17-26-18-48-35(49-26,19-42-21-39-20-40-42)27-14-11-24(36)15-29(27)38/h5-15,20-21,26,32H,3-4,16-19H2,1-2H3,(H,41,45)/t26-,32?,35-/m1/s1. The summed E-state index contributed by atoms with van der Waals surface area (Å²) in [4.78, 5) is 32.5. The number of allylic oxidation sites excluding steroid dienone is 1. The molecule has 49 heavy (non-hydrogen) atoms. The third kappa shape index (κ3) is 7.56. The molecule has 1 fully saturated rings. The lowest BCUT2D eigenvalue weighted by atomic mass is 9.93. The second kappa shape index (κ2) is 15.2. The summed E-state index contributed by atoms with van der Waals surface area (Å²) in [5, 5.41) is 8.63. The van der Waals surface area contributed by atoms with Crippen LogP contribution in [0.3, 0.4) is 0 Å². The number of urea groups is 1. The number of carbonyl (C=O) groups excluding carboxylic acids is 2. The Morgan fingerprint density at radius 1 is 1.06 bits per heavy atom. The Kier molecular flexibility index (Phi) is 10.8. The molecule has 11 nitrogen and oxygen atoms in total. The maximum atomic E-state index is 13.5. The first-order valence-corrected chi connectivity index (χ1v) is 16.9. The fraction of sp³-hybridized carbons (Fsp3) is 0.314. The number of nitrogens with one attached hydrogen (secondary N) is 1. The highest BCUT2D eigenvalue weighted by Gasteiger charge is 2.46. The molecule has 2 aliphatic heterocycles. The maximum Gasteiger partial charge on any atom is 0.338 e. The highest BCUT2D eigenvalue weighted by molar-refractivity contribution is 6.35. The number of hydrogen-bond donors (Lipinski definition) is 1. The van der Waals surface area contributed by atoms with Crippen LogP contribution >= 0.6 is 34.8 Å². The number of hydrogen-bond acceptors (Lipinski definition) is 8. The first kappa shape index (κ1) is 34.7. The summed E-state index contributed by atoms with van der Waals surface area (Å²) in [6.07, 6.45) is 2.98. The molecule has 0 spiro atoms. The molecule has 0 bridgehead atoms. The van der Waals surface area contributed by atoms with Crippen LogP contribution in [0.2, 0.25) is 15.1 Å². The molecular weight excluding hydrogens is 693 g/mol. The number of carbonyl (C=O) groups is 2. The molecule has 14 heteroatoms. The van der Waals surface area contributed by atoms with Gasteiger partial charge in [-0.25, -0.2) is 19.3 Å². The van der Waals surface area contributed by atoms with Crippen LogP contribution in [0, 0.1) is 0 Å². The average Bonchev–Trinajstić information content (AvgIpc) is 3.76. The second-order valence-electron chi connectivity index (χ2n) is 11.4. The highest BCUT2D eigenvalue weighted by atomic mass is 35.5. The fourth-order valence-electron chi connectivity index (χ4n) is 5.98. The minimum atomic E-state index is -1.24. The third-order valence-corrected chi connectivity index (χ3v) is 9.16. The summed E-state index contributed by atoms with van der Waals surface area (Å²) in [5.74, 6) is -1.17. The topological polar surface area (TPSA) is 117 Å². The molecule has 3 aromatic carbocycles. The van der Waals surface area contributed by atoms with E-state index in [2.05, 4.69) is 15.4 Å². The van der Waals surface area contributed by atoms with Gasteiger partial charge in [-0.2, -0.15) is 5.10 Å². The Morgan fingerprint density at radius 3 is 2.55 bits per heavy atom. The van der Waals surface area contributed by atoms with Gasteiger partial charge in [-0.15, -0.1) is 0 Å². The number of rotatable bonds is 12. The van der Waals surface area contributed by atoms with E-state index in [0.717, 1.165) is 5.56 Å². The highest BCUT2D eigenvalue weighted by Crippen LogP contribution is 2.41. The lowest BCUT2D eigenvalue weighted by molar-refractivity contribution is -0.190. The molecule has 2 amide bonds. The molecule has 3 heterocycles. The zero-order chi connectivity index (χ0) is 34.5. The zero-order valence-corrected chi connectivity index (χ0v) is 29.0. The van der Waals surface area contributed by atoms with Gasteiger partial charge in [0.25, 0.3) is 0 Å². The van der Waals surface area contributed by atoms with E-state index in [1.165, 1.54) is 6.33 Å². The number of benzene rings is 3. The Morgan fingerprint density at radius 2 is 1.86 bits per heavy atom. The number of halogens is 3. The molecule has 0 saturated carbocycles. The van der Waals surface area contributed by atoms with Crippen LogP contribution in [-0.2, 0) is 37.9 Å². The van der Waals surface area contributed by atoms with Crippen LogP contribution in [0.25, 0.3) is 0 Å². The van der Waals surface area contributed by atoms with Crippen molar-refractivity contribution >= 4 is 46.8 Å². The van der Waals surface area contributed by atoms with Crippen LogP contribution in [0.1, 0.15) is 43.0 Å². The van der Waals surface area contributed by atoms with E-state index in [9.17, 15) is 9.59 Å². The van der Waals surface area contributed by atoms with E-state index < -0.39 is 23.9 Å². The predicted molar refractivity (Wildman–Crippen MR) is 183 cm³/mol. The Labute approximate surface area is 298 Å². The lowest BCUT2D eigenvalue weighted by Crippen LogP contribution is -2.48.